The molecule has 1 aliphatic heterocycles. The molecule has 0 radical (unpaired) electrons. The Balaban J connectivity index is 1.66. The first-order valence-corrected chi connectivity index (χ1v) is 11.3. The molecule has 0 amide bonds. The van der Waals surface area contributed by atoms with Gasteiger partial charge < -0.3 is 14.6 Å². The monoisotopic (exact) mass is 379 g/mol. The lowest BCUT2D eigenvalue weighted by Crippen LogP contribution is -2.49. The molecule has 4 nitrogen and oxygen atoms in total. The van der Waals surface area contributed by atoms with Crippen LogP contribution in [0, 0.1) is 0 Å². The summed E-state index contributed by atoms with van der Waals surface area (Å²) in [6, 6.07) is 8.53. The van der Waals surface area contributed by atoms with Crippen molar-refractivity contribution in [3.05, 3.63) is 23.8 Å². The van der Waals surface area contributed by atoms with E-state index in [2.05, 4.69) is 41.5 Å². The third kappa shape index (κ3) is 2.84. The topological polar surface area (TPSA) is 40.8 Å². The Bertz CT molecular complexity index is 888. The van der Waals surface area contributed by atoms with Crippen molar-refractivity contribution in [1.29, 1.82) is 0 Å². The fourth-order valence-electron chi connectivity index (χ4n) is 5.21. The molecule has 2 aliphatic carbocycles. The SMILES string of the molecule is CC(C)n1c(O)c(C2=NCCCC2)c2cc(N(C3CCC3)C3CCC3)ccc21. The highest BCUT2D eigenvalue weighted by molar-refractivity contribution is 6.14. The maximum Gasteiger partial charge on any atom is 0.201 e. The average molecular weight is 380 g/mol. The second-order valence-corrected chi connectivity index (χ2v) is 9.23. The van der Waals surface area contributed by atoms with Crippen LogP contribution in [0.15, 0.2) is 23.2 Å². The summed E-state index contributed by atoms with van der Waals surface area (Å²) in [6.07, 6.45) is 11.3. The van der Waals surface area contributed by atoms with Crippen LogP contribution in [0.5, 0.6) is 5.88 Å². The molecule has 0 unspecified atom stereocenters. The first-order chi connectivity index (χ1) is 13.6. The predicted octanol–water partition coefficient (Wildman–Crippen LogP) is 5.81. The van der Waals surface area contributed by atoms with Gasteiger partial charge in [0.1, 0.15) is 0 Å². The number of aliphatic imine (C=N–C) groups is 1. The fraction of sp³-hybridized carbons (Fsp3) is 0.625. The second-order valence-electron chi connectivity index (χ2n) is 9.23. The summed E-state index contributed by atoms with van der Waals surface area (Å²) in [6.45, 7) is 5.18. The highest BCUT2D eigenvalue weighted by Gasteiger charge is 2.34. The van der Waals surface area contributed by atoms with Gasteiger partial charge in [-0.3, -0.25) is 4.99 Å². The van der Waals surface area contributed by atoms with Gasteiger partial charge in [0.25, 0.3) is 0 Å². The van der Waals surface area contributed by atoms with E-state index < -0.39 is 0 Å². The van der Waals surface area contributed by atoms with E-state index in [-0.39, 0.29) is 6.04 Å². The van der Waals surface area contributed by atoms with Crippen LogP contribution in [0.1, 0.15) is 83.2 Å². The maximum absolute atomic E-state index is 11.2. The molecule has 4 heteroatoms. The molecule has 0 bridgehead atoms. The van der Waals surface area contributed by atoms with Gasteiger partial charge in [0, 0.05) is 41.5 Å². The van der Waals surface area contributed by atoms with Crippen LogP contribution < -0.4 is 4.90 Å². The summed E-state index contributed by atoms with van der Waals surface area (Å²) < 4.78 is 2.09. The Morgan fingerprint density at radius 1 is 1.04 bits per heavy atom. The van der Waals surface area contributed by atoms with Crippen LogP contribution >= 0.6 is 0 Å². The Morgan fingerprint density at radius 3 is 2.29 bits per heavy atom. The number of aromatic nitrogens is 1. The third-order valence-electron chi connectivity index (χ3n) is 7.12. The quantitative estimate of drug-likeness (QED) is 0.712. The zero-order chi connectivity index (χ0) is 19.3. The standard InChI is InChI=1S/C24H33N3O/c1-16(2)26-22-13-12-19(27(17-7-5-8-17)18-9-6-10-18)15-20(22)23(24(26)28)21-11-3-4-14-25-21/h12-13,15-18,28H,3-11,14H2,1-2H3. The summed E-state index contributed by atoms with van der Waals surface area (Å²) in [5.41, 5.74) is 4.58. The number of fused-ring (bicyclic) bond motifs is 1. The molecule has 3 aliphatic rings. The van der Waals surface area contributed by atoms with Gasteiger partial charge in [-0.05, 0) is 89.8 Å². The zero-order valence-corrected chi connectivity index (χ0v) is 17.3. The van der Waals surface area contributed by atoms with E-state index in [1.807, 2.05) is 0 Å². The minimum atomic E-state index is 0.223. The first kappa shape index (κ1) is 18.1. The number of nitrogens with zero attached hydrogens (tertiary/aromatic N) is 3. The molecule has 1 N–H and O–H groups in total. The van der Waals surface area contributed by atoms with Crippen LogP contribution in [-0.4, -0.2) is 34.0 Å². The molecular formula is C24H33N3O. The van der Waals surface area contributed by atoms with E-state index in [4.69, 9.17) is 4.99 Å². The highest BCUT2D eigenvalue weighted by Crippen LogP contribution is 2.42. The van der Waals surface area contributed by atoms with Crippen molar-refractivity contribution in [2.24, 2.45) is 4.99 Å². The number of anilines is 1. The van der Waals surface area contributed by atoms with Crippen LogP contribution in [0.25, 0.3) is 10.9 Å². The Kier molecular flexibility index (Phi) is 4.60. The number of rotatable bonds is 5. The highest BCUT2D eigenvalue weighted by atomic mass is 16.3. The average Bonchev–Trinajstić information content (AvgIpc) is 2.90. The summed E-state index contributed by atoms with van der Waals surface area (Å²) in [7, 11) is 0. The Hall–Kier alpha value is -1.97. The Morgan fingerprint density at radius 2 is 1.75 bits per heavy atom. The fourth-order valence-corrected chi connectivity index (χ4v) is 5.21. The van der Waals surface area contributed by atoms with E-state index >= 15 is 0 Å². The van der Waals surface area contributed by atoms with Gasteiger partial charge in [-0.1, -0.05) is 0 Å². The van der Waals surface area contributed by atoms with Gasteiger partial charge in [-0.15, -0.1) is 0 Å². The van der Waals surface area contributed by atoms with Crippen LogP contribution in [0.2, 0.25) is 0 Å². The number of hydrogen-bond donors (Lipinski definition) is 1. The molecule has 0 spiro atoms. The molecule has 28 heavy (non-hydrogen) atoms. The van der Waals surface area contributed by atoms with E-state index in [0.29, 0.717) is 18.0 Å². The summed E-state index contributed by atoms with van der Waals surface area (Å²) in [4.78, 5) is 7.52. The van der Waals surface area contributed by atoms with Crippen molar-refractivity contribution in [2.45, 2.75) is 89.8 Å². The van der Waals surface area contributed by atoms with Crippen molar-refractivity contribution < 1.29 is 5.11 Å². The lowest BCUT2D eigenvalue weighted by molar-refractivity contribution is 0.296. The lowest BCUT2D eigenvalue weighted by atomic mass is 9.84. The molecule has 0 saturated heterocycles. The summed E-state index contributed by atoms with van der Waals surface area (Å²) in [5, 5.41) is 12.4. The molecule has 150 valence electrons. The summed E-state index contributed by atoms with van der Waals surface area (Å²) in [5.74, 6) is 0.404. The van der Waals surface area contributed by atoms with Crippen molar-refractivity contribution in [3.63, 3.8) is 0 Å². The summed E-state index contributed by atoms with van der Waals surface area (Å²) >= 11 is 0. The molecule has 2 saturated carbocycles. The molecular weight excluding hydrogens is 346 g/mol. The van der Waals surface area contributed by atoms with Gasteiger partial charge >= 0.3 is 0 Å². The maximum atomic E-state index is 11.2. The first-order valence-electron chi connectivity index (χ1n) is 11.3. The van der Waals surface area contributed by atoms with Crippen LogP contribution in [-0.2, 0) is 0 Å². The molecule has 1 aromatic carbocycles. The molecule has 0 atom stereocenters. The van der Waals surface area contributed by atoms with E-state index in [1.165, 1.54) is 56.0 Å². The van der Waals surface area contributed by atoms with Gasteiger partial charge in [-0.2, -0.15) is 0 Å². The number of hydrogen-bond acceptors (Lipinski definition) is 3. The molecule has 2 fully saturated rings. The normalized spacial score (nSPS) is 20.9. The molecule has 2 aromatic rings. The van der Waals surface area contributed by atoms with Crippen LogP contribution in [0.3, 0.4) is 0 Å². The molecule has 5 rings (SSSR count). The predicted molar refractivity (Wildman–Crippen MR) is 117 cm³/mol. The smallest absolute Gasteiger partial charge is 0.201 e. The van der Waals surface area contributed by atoms with E-state index in [9.17, 15) is 5.11 Å². The van der Waals surface area contributed by atoms with Gasteiger partial charge in [0.15, 0.2) is 0 Å². The van der Waals surface area contributed by atoms with Gasteiger partial charge in [0.2, 0.25) is 5.88 Å². The number of aromatic hydroxyl groups is 1. The van der Waals surface area contributed by atoms with Crippen molar-refractivity contribution in [1.82, 2.24) is 4.57 Å². The minimum Gasteiger partial charge on any atom is -0.494 e. The lowest BCUT2D eigenvalue weighted by Gasteiger charge is -2.48. The van der Waals surface area contributed by atoms with Crippen molar-refractivity contribution >= 4 is 22.3 Å². The minimum absolute atomic E-state index is 0.223. The molecule has 2 heterocycles. The van der Waals surface area contributed by atoms with Gasteiger partial charge in [-0.25, -0.2) is 0 Å². The van der Waals surface area contributed by atoms with Crippen LogP contribution in [0.4, 0.5) is 5.69 Å². The Labute approximate surface area is 168 Å². The van der Waals surface area contributed by atoms with E-state index in [0.717, 1.165) is 36.2 Å². The van der Waals surface area contributed by atoms with Crippen molar-refractivity contribution in [2.75, 3.05) is 11.4 Å². The zero-order valence-electron chi connectivity index (χ0n) is 17.3. The third-order valence-corrected chi connectivity index (χ3v) is 7.12. The van der Waals surface area contributed by atoms with E-state index in [1.54, 1.807) is 0 Å². The largest absolute Gasteiger partial charge is 0.494 e. The number of benzene rings is 1. The molecule has 1 aromatic heterocycles. The van der Waals surface area contributed by atoms with Gasteiger partial charge in [0.05, 0.1) is 11.1 Å². The second kappa shape index (κ2) is 7.13. The van der Waals surface area contributed by atoms with Crippen molar-refractivity contribution in [3.8, 4) is 5.88 Å².